The van der Waals surface area contributed by atoms with E-state index in [2.05, 4.69) is 5.32 Å². The van der Waals surface area contributed by atoms with Crippen molar-refractivity contribution in [1.82, 2.24) is 5.32 Å². The van der Waals surface area contributed by atoms with Crippen molar-refractivity contribution in [3.05, 3.63) is 32.8 Å². The number of nitro groups is 1. The van der Waals surface area contributed by atoms with Crippen molar-refractivity contribution < 1.29 is 14.5 Å². The number of amides is 1. The highest BCUT2D eigenvalue weighted by Gasteiger charge is 2.21. The van der Waals surface area contributed by atoms with E-state index in [1.54, 1.807) is 0 Å². The molecular formula is C13H16ClN3O4. The number of nitrogens with two attached hydrogens (primary N) is 1. The number of anilines is 1. The molecule has 0 radical (unpaired) electrons. The third-order valence-electron chi connectivity index (χ3n) is 3.15. The maximum atomic E-state index is 11.9. The predicted molar refractivity (Wildman–Crippen MR) is 78.4 cm³/mol. The number of halogens is 1. The minimum atomic E-state index is -0.670. The summed E-state index contributed by atoms with van der Waals surface area (Å²) in [4.78, 5) is 22.1. The van der Waals surface area contributed by atoms with Gasteiger partial charge in [-0.2, -0.15) is 0 Å². The highest BCUT2D eigenvalue weighted by atomic mass is 35.5. The lowest BCUT2D eigenvalue weighted by molar-refractivity contribution is -0.383. The molecule has 0 bridgehead atoms. The summed E-state index contributed by atoms with van der Waals surface area (Å²) in [5.74, 6) is 0.217. The van der Waals surface area contributed by atoms with E-state index < -0.39 is 10.8 Å². The van der Waals surface area contributed by atoms with Crippen LogP contribution in [0.15, 0.2) is 12.1 Å². The Morgan fingerprint density at radius 2 is 2.24 bits per heavy atom. The number of hydrogen-bond donors (Lipinski definition) is 2. The van der Waals surface area contributed by atoms with Gasteiger partial charge in [-0.15, -0.1) is 0 Å². The highest BCUT2D eigenvalue weighted by Crippen LogP contribution is 2.30. The standard InChI is InChI=1S/C13H16ClN3O4/c14-10-5-9(6-11(12(10)15)17(19)20)13(18)16-3-4-21-7-8-1-2-8/h5-6,8H,1-4,7,15H2,(H,16,18). The average molecular weight is 314 g/mol. The lowest BCUT2D eigenvalue weighted by Gasteiger charge is -2.07. The summed E-state index contributed by atoms with van der Waals surface area (Å²) in [6, 6.07) is 2.42. The number of carbonyl (C=O) groups is 1. The number of nitrogen functional groups attached to an aromatic ring is 1. The number of nitrogens with one attached hydrogen (secondary N) is 1. The fourth-order valence-electron chi connectivity index (χ4n) is 1.76. The lowest BCUT2D eigenvalue weighted by atomic mass is 10.1. The third kappa shape index (κ3) is 4.30. The molecule has 1 aliphatic carbocycles. The fourth-order valence-corrected chi connectivity index (χ4v) is 1.97. The van der Waals surface area contributed by atoms with Gasteiger partial charge in [0.25, 0.3) is 11.6 Å². The van der Waals surface area contributed by atoms with Gasteiger partial charge < -0.3 is 15.8 Å². The molecule has 0 atom stereocenters. The average Bonchev–Trinajstić information content (AvgIpc) is 3.24. The molecule has 1 amide bonds. The van der Waals surface area contributed by atoms with Gasteiger partial charge in [0.1, 0.15) is 5.69 Å². The number of nitrogens with zero attached hydrogens (tertiary/aromatic N) is 1. The molecule has 21 heavy (non-hydrogen) atoms. The molecule has 1 fully saturated rings. The van der Waals surface area contributed by atoms with Crippen LogP contribution in [0.1, 0.15) is 23.2 Å². The van der Waals surface area contributed by atoms with E-state index >= 15 is 0 Å². The molecular weight excluding hydrogens is 298 g/mol. The van der Waals surface area contributed by atoms with Crippen LogP contribution in [-0.2, 0) is 4.74 Å². The van der Waals surface area contributed by atoms with Gasteiger partial charge in [0, 0.05) is 24.8 Å². The second-order valence-corrected chi connectivity index (χ2v) is 5.33. The topological polar surface area (TPSA) is 107 Å². The van der Waals surface area contributed by atoms with Crippen molar-refractivity contribution in [2.24, 2.45) is 5.92 Å². The zero-order valence-electron chi connectivity index (χ0n) is 11.3. The van der Waals surface area contributed by atoms with Crippen LogP contribution in [0.2, 0.25) is 5.02 Å². The van der Waals surface area contributed by atoms with Gasteiger partial charge in [-0.05, 0) is 24.8 Å². The van der Waals surface area contributed by atoms with Crippen LogP contribution in [0.25, 0.3) is 0 Å². The van der Waals surface area contributed by atoms with Crippen molar-refractivity contribution in [1.29, 1.82) is 0 Å². The number of carbonyl (C=O) groups excluding carboxylic acids is 1. The molecule has 0 saturated heterocycles. The molecule has 2 rings (SSSR count). The lowest BCUT2D eigenvalue weighted by Crippen LogP contribution is -2.27. The fraction of sp³-hybridized carbons (Fsp3) is 0.462. The maximum absolute atomic E-state index is 11.9. The van der Waals surface area contributed by atoms with Crippen LogP contribution in [0.3, 0.4) is 0 Å². The Morgan fingerprint density at radius 1 is 1.52 bits per heavy atom. The van der Waals surface area contributed by atoms with Gasteiger partial charge in [-0.25, -0.2) is 0 Å². The number of ether oxygens (including phenoxy) is 1. The molecule has 0 spiro atoms. The Balaban J connectivity index is 1.90. The Labute approximate surface area is 126 Å². The number of rotatable bonds is 7. The smallest absolute Gasteiger partial charge is 0.294 e. The van der Waals surface area contributed by atoms with E-state index in [0.717, 1.165) is 12.7 Å². The van der Waals surface area contributed by atoms with E-state index in [4.69, 9.17) is 22.1 Å². The first-order valence-electron chi connectivity index (χ1n) is 6.58. The van der Waals surface area contributed by atoms with Gasteiger partial charge in [-0.3, -0.25) is 14.9 Å². The van der Waals surface area contributed by atoms with Gasteiger partial charge in [0.15, 0.2) is 0 Å². The van der Waals surface area contributed by atoms with E-state index in [9.17, 15) is 14.9 Å². The first kappa shape index (κ1) is 15.5. The molecule has 1 aliphatic rings. The minimum absolute atomic E-state index is 0.0145. The molecule has 0 aliphatic heterocycles. The number of nitro benzene ring substituents is 1. The van der Waals surface area contributed by atoms with Crippen molar-refractivity contribution in [2.75, 3.05) is 25.5 Å². The second kappa shape index (κ2) is 6.73. The van der Waals surface area contributed by atoms with E-state index in [0.29, 0.717) is 19.1 Å². The van der Waals surface area contributed by atoms with Gasteiger partial charge in [0.2, 0.25) is 0 Å². The number of benzene rings is 1. The van der Waals surface area contributed by atoms with Crippen LogP contribution in [0.4, 0.5) is 11.4 Å². The number of hydrogen-bond acceptors (Lipinski definition) is 5. The molecule has 1 aromatic rings. The SMILES string of the molecule is Nc1c(Cl)cc(C(=O)NCCOCC2CC2)cc1[N+](=O)[O-]. The summed E-state index contributed by atoms with van der Waals surface area (Å²) in [7, 11) is 0. The molecule has 7 nitrogen and oxygen atoms in total. The Bertz CT molecular complexity index is 561. The predicted octanol–water partition coefficient (Wildman–Crippen LogP) is 1.99. The molecule has 0 aromatic heterocycles. The Hall–Kier alpha value is -1.86. The molecule has 3 N–H and O–H groups in total. The molecule has 0 heterocycles. The summed E-state index contributed by atoms with van der Waals surface area (Å²) in [6.07, 6.45) is 2.42. The van der Waals surface area contributed by atoms with Crippen molar-refractivity contribution >= 4 is 28.9 Å². The molecule has 114 valence electrons. The van der Waals surface area contributed by atoms with Crippen LogP contribution >= 0.6 is 11.6 Å². The molecule has 0 unspecified atom stereocenters. The van der Waals surface area contributed by atoms with Crippen LogP contribution in [-0.4, -0.2) is 30.6 Å². The van der Waals surface area contributed by atoms with Crippen molar-refractivity contribution in [3.63, 3.8) is 0 Å². The maximum Gasteiger partial charge on any atom is 0.294 e. The molecule has 1 saturated carbocycles. The van der Waals surface area contributed by atoms with Crippen LogP contribution in [0, 0.1) is 16.0 Å². The Kier molecular flexibility index (Phi) is 4.98. The molecule has 8 heteroatoms. The summed E-state index contributed by atoms with van der Waals surface area (Å²) in [6.45, 7) is 1.46. The van der Waals surface area contributed by atoms with Crippen molar-refractivity contribution in [2.45, 2.75) is 12.8 Å². The van der Waals surface area contributed by atoms with Gasteiger partial charge >= 0.3 is 0 Å². The summed E-state index contributed by atoms with van der Waals surface area (Å²) in [5.41, 5.74) is 5.08. The zero-order chi connectivity index (χ0) is 15.4. The van der Waals surface area contributed by atoms with Gasteiger partial charge in [0.05, 0.1) is 16.6 Å². The minimum Gasteiger partial charge on any atom is -0.392 e. The van der Waals surface area contributed by atoms with E-state index in [-0.39, 0.29) is 22.0 Å². The third-order valence-corrected chi connectivity index (χ3v) is 3.46. The summed E-state index contributed by atoms with van der Waals surface area (Å²) >= 11 is 5.80. The highest BCUT2D eigenvalue weighted by molar-refractivity contribution is 6.34. The Morgan fingerprint density at radius 3 is 2.86 bits per heavy atom. The van der Waals surface area contributed by atoms with E-state index in [1.165, 1.54) is 18.9 Å². The quantitative estimate of drug-likeness (QED) is 0.346. The summed E-state index contributed by atoms with van der Waals surface area (Å²) in [5, 5.41) is 13.4. The molecule has 1 aromatic carbocycles. The van der Waals surface area contributed by atoms with Crippen molar-refractivity contribution in [3.8, 4) is 0 Å². The first-order chi connectivity index (χ1) is 9.99. The summed E-state index contributed by atoms with van der Waals surface area (Å²) < 4.78 is 5.38. The van der Waals surface area contributed by atoms with Crippen LogP contribution in [0.5, 0.6) is 0 Å². The van der Waals surface area contributed by atoms with E-state index in [1.807, 2.05) is 0 Å². The van der Waals surface area contributed by atoms with Crippen LogP contribution < -0.4 is 11.1 Å². The zero-order valence-corrected chi connectivity index (χ0v) is 12.1. The normalized spacial score (nSPS) is 14.0. The largest absolute Gasteiger partial charge is 0.392 e. The van der Waals surface area contributed by atoms with Gasteiger partial charge in [-0.1, -0.05) is 11.6 Å². The first-order valence-corrected chi connectivity index (χ1v) is 6.96. The monoisotopic (exact) mass is 313 g/mol. The second-order valence-electron chi connectivity index (χ2n) is 4.92.